The molecule has 0 atom stereocenters. The molecule has 0 aliphatic carbocycles. The van der Waals surface area contributed by atoms with Crippen LogP contribution in [0.1, 0.15) is 15.9 Å². The fourth-order valence-electron chi connectivity index (χ4n) is 3.21. The highest BCUT2D eigenvalue weighted by Crippen LogP contribution is 2.27. The first-order chi connectivity index (χ1) is 13.7. The molecule has 0 saturated carbocycles. The third kappa shape index (κ3) is 3.57. The minimum atomic E-state index is -0.282. The number of methoxy groups -OCH3 is 1. The molecule has 28 heavy (non-hydrogen) atoms. The summed E-state index contributed by atoms with van der Waals surface area (Å²) in [7, 11) is 1.59. The summed E-state index contributed by atoms with van der Waals surface area (Å²) < 4.78 is 6.23. The normalized spacial score (nSPS) is 11.2. The molecule has 0 aliphatic heterocycles. The highest BCUT2D eigenvalue weighted by molar-refractivity contribution is 14.1. The van der Waals surface area contributed by atoms with Crippen LogP contribution in [-0.4, -0.2) is 19.2 Å². The van der Waals surface area contributed by atoms with Crippen LogP contribution in [0.2, 0.25) is 0 Å². The predicted octanol–water partition coefficient (Wildman–Crippen LogP) is 5.37. The van der Waals surface area contributed by atoms with E-state index in [1.165, 1.54) is 0 Å². The van der Waals surface area contributed by atoms with Crippen LogP contribution >= 0.6 is 22.6 Å². The zero-order valence-electron chi connectivity index (χ0n) is 15.1. The number of hydrazone groups is 1. The fourth-order valence-corrected chi connectivity index (χ4v) is 3.76. The number of carbonyl (C=O) groups excluding carboxylic acids is 1. The molecule has 4 aromatic carbocycles. The third-order valence-electron chi connectivity index (χ3n) is 4.59. The topological polar surface area (TPSA) is 50.7 Å². The highest BCUT2D eigenvalue weighted by Gasteiger charge is 2.09. The zero-order chi connectivity index (χ0) is 19.5. The second-order valence-electron chi connectivity index (χ2n) is 6.28. The monoisotopic (exact) mass is 480 g/mol. The van der Waals surface area contributed by atoms with Gasteiger partial charge in [-0.05, 0) is 68.4 Å². The Morgan fingerprint density at radius 1 is 0.964 bits per heavy atom. The lowest BCUT2D eigenvalue weighted by Gasteiger charge is -2.08. The summed E-state index contributed by atoms with van der Waals surface area (Å²) >= 11 is 2.17. The van der Waals surface area contributed by atoms with Crippen molar-refractivity contribution >= 4 is 56.3 Å². The molecule has 0 bridgehead atoms. The Hall–Kier alpha value is -2.93. The van der Waals surface area contributed by atoms with E-state index in [0.29, 0.717) is 11.3 Å². The summed E-state index contributed by atoms with van der Waals surface area (Å²) in [6, 6.07) is 23.8. The van der Waals surface area contributed by atoms with Gasteiger partial charge >= 0.3 is 0 Å². The minimum Gasteiger partial charge on any atom is -0.496 e. The quantitative estimate of drug-likeness (QED) is 0.185. The molecule has 1 N–H and O–H groups in total. The molecule has 0 fully saturated rings. The molecule has 0 saturated heterocycles. The van der Waals surface area contributed by atoms with Gasteiger partial charge in [-0.1, -0.05) is 48.5 Å². The van der Waals surface area contributed by atoms with Crippen LogP contribution in [0.3, 0.4) is 0 Å². The molecule has 0 radical (unpaired) electrons. The van der Waals surface area contributed by atoms with E-state index < -0.39 is 0 Å². The van der Waals surface area contributed by atoms with Crippen molar-refractivity contribution in [3.63, 3.8) is 0 Å². The Bertz CT molecular complexity index is 1160. The maximum absolute atomic E-state index is 12.5. The van der Waals surface area contributed by atoms with E-state index in [-0.39, 0.29) is 5.91 Å². The first-order valence-electron chi connectivity index (χ1n) is 8.75. The maximum atomic E-state index is 12.5. The van der Waals surface area contributed by atoms with Crippen molar-refractivity contribution in [3.05, 3.63) is 87.5 Å². The molecule has 0 spiro atoms. The smallest absolute Gasteiger partial charge is 0.271 e. The molecule has 0 heterocycles. The van der Waals surface area contributed by atoms with Crippen LogP contribution in [0.25, 0.3) is 21.5 Å². The standard InChI is InChI=1S/C23H17IN2O2/c1-28-22-13-17(10-11-21(22)24)23(27)26-25-14-20-18-8-4-2-6-15(18)12-16-7-3-5-9-19(16)20/h2-14H,1H3,(H,26,27)/b25-14-. The molecule has 0 aromatic heterocycles. The molecular formula is C23H17IN2O2. The molecular weight excluding hydrogens is 463 g/mol. The van der Waals surface area contributed by atoms with E-state index in [9.17, 15) is 4.79 Å². The van der Waals surface area contributed by atoms with Gasteiger partial charge in [0.15, 0.2) is 0 Å². The van der Waals surface area contributed by atoms with Gasteiger partial charge < -0.3 is 4.74 Å². The Balaban J connectivity index is 1.67. The Morgan fingerprint density at radius 3 is 2.25 bits per heavy atom. The van der Waals surface area contributed by atoms with Gasteiger partial charge in [-0.2, -0.15) is 5.10 Å². The van der Waals surface area contributed by atoms with Gasteiger partial charge in [-0.3, -0.25) is 4.79 Å². The van der Waals surface area contributed by atoms with Crippen LogP contribution in [0.5, 0.6) is 5.75 Å². The Kier molecular flexibility index (Phi) is 5.25. The summed E-state index contributed by atoms with van der Waals surface area (Å²) in [6.07, 6.45) is 1.71. The van der Waals surface area contributed by atoms with Crippen LogP contribution < -0.4 is 10.2 Å². The number of ether oxygens (including phenoxy) is 1. The minimum absolute atomic E-state index is 0.282. The zero-order valence-corrected chi connectivity index (χ0v) is 17.3. The Labute approximate surface area is 176 Å². The van der Waals surface area contributed by atoms with Crippen molar-refractivity contribution in [1.82, 2.24) is 5.43 Å². The lowest BCUT2D eigenvalue weighted by atomic mass is 9.97. The average molecular weight is 480 g/mol. The van der Waals surface area contributed by atoms with Crippen molar-refractivity contribution in [2.24, 2.45) is 5.10 Å². The second-order valence-corrected chi connectivity index (χ2v) is 7.44. The van der Waals surface area contributed by atoms with E-state index in [4.69, 9.17) is 4.74 Å². The second kappa shape index (κ2) is 7.98. The SMILES string of the molecule is COc1cc(C(=O)N/N=C\c2c3ccccc3cc3ccccc23)ccc1I. The van der Waals surface area contributed by atoms with Crippen molar-refractivity contribution in [2.75, 3.05) is 7.11 Å². The number of nitrogens with zero attached hydrogens (tertiary/aromatic N) is 1. The predicted molar refractivity (Wildman–Crippen MR) is 122 cm³/mol. The van der Waals surface area contributed by atoms with Gasteiger partial charge in [0.1, 0.15) is 5.75 Å². The molecule has 138 valence electrons. The number of fused-ring (bicyclic) bond motifs is 2. The van der Waals surface area contributed by atoms with E-state index in [2.05, 4.69) is 63.4 Å². The highest BCUT2D eigenvalue weighted by atomic mass is 127. The largest absolute Gasteiger partial charge is 0.496 e. The fraction of sp³-hybridized carbons (Fsp3) is 0.0435. The van der Waals surface area contributed by atoms with Crippen molar-refractivity contribution in [2.45, 2.75) is 0 Å². The lowest BCUT2D eigenvalue weighted by Crippen LogP contribution is -2.17. The van der Waals surface area contributed by atoms with Gasteiger partial charge in [0.2, 0.25) is 0 Å². The number of halogens is 1. The summed E-state index contributed by atoms with van der Waals surface area (Å²) in [5, 5.41) is 8.69. The van der Waals surface area contributed by atoms with E-state index in [1.807, 2.05) is 30.3 Å². The summed E-state index contributed by atoms with van der Waals surface area (Å²) in [6.45, 7) is 0. The third-order valence-corrected chi connectivity index (χ3v) is 5.48. The maximum Gasteiger partial charge on any atom is 0.271 e. The van der Waals surface area contributed by atoms with E-state index >= 15 is 0 Å². The van der Waals surface area contributed by atoms with Gasteiger partial charge in [-0.15, -0.1) is 0 Å². The van der Waals surface area contributed by atoms with Gasteiger partial charge in [-0.25, -0.2) is 5.43 Å². The first-order valence-corrected chi connectivity index (χ1v) is 9.82. The number of hydrogen-bond donors (Lipinski definition) is 1. The molecule has 5 heteroatoms. The molecule has 4 nitrogen and oxygen atoms in total. The van der Waals surface area contributed by atoms with Gasteiger partial charge in [0.05, 0.1) is 16.9 Å². The summed E-state index contributed by atoms with van der Waals surface area (Å²) in [5.41, 5.74) is 4.10. The number of carbonyl (C=O) groups is 1. The van der Waals surface area contributed by atoms with Crippen LogP contribution in [0, 0.1) is 3.57 Å². The van der Waals surface area contributed by atoms with Crippen LogP contribution in [0.4, 0.5) is 0 Å². The Morgan fingerprint density at radius 2 is 1.61 bits per heavy atom. The number of rotatable bonds is 4. The van der Waals surface area contributed by atoms with Gasteiger partial charge in [0.25, 0.3) is 5.91 Å². The van der Waals surface area contributed by atoms with Crippen LogP contribution in [-0.2, 0) is 0 Å². The molecule has 1 amide bonds. The number of hydrogen-bond acceptors (Lipinski definition) is 3. The van der Waals surface area contributed by atoms with Gasteiger partial charge in [0, 0.05) is 11.1 Å². The number of benzene rings is 4. The van der Waals surface area contributed by atoms with Crippen molar-refractivity contribution in [1.29, 1.82) is 0 Å². The molecule has 0 unspecified atom stereocenters. The lowest BCUT2D eigenvalue weighted by molar-refractivity contribution is 0.0954. The summed E-state index contributed by atoms with van der Waals surface area (Å²) in [4.78, 5) is 12.5. The van der Waals surface area contributed by atoms with Crippen LogP contribution in [0.15, 0.2) is 77.9 Å². The molecule has 0 aliphatic rings. The van der Waals surface area contributed by atoms with Crippen molar-refractivity contribution in [3.8, 4) is 5.75 Å². The average Bonchev–Trinajstić information content (AvgIpc) is 2.73. The van der Waals surface area contributed by atoms with E-state index in [0.717, 1.165) is 30.7 Å². The number of amides is 1. The summed E-state index contributed by atoms with van der Waals surface area (Å²) in [5.74, 6) is 0.382. The number of nitrogens with one attached hydrogen (secondary N) is 1. The van der Waals surface area contributed by atoms with E-state index in [1.54, 1.807) is 25.5 Å². The first kappa shape index (κ1) is 18.4. The van der Waals surface area contributed by atoms with Crippen molar-refractivity contribution < 1.29 is 9.53 Å². The molecule has 4 aromatic rings. The molecule has 4 rings (SSSR count).